The number of aromatic amines is 1. The Kier molecular flexibility index (Phi) is 6.30. The zero-order valence-corrected chi connectivity index (χ0v) is 16.3. The molecule has 10 heteroatoms. The lowest BCUT2D eigenvalue weighted by atomic mass is 10.1. The smallest absolute Gasteiger partial charge is 0.238 e. The van der Waals surface area contributed by atoms with E-state index in [1.165, 1.54) is 12.1 Å². The van der Waals surface area contributed by atoms with Gasteiger partial charge in [-0.2, -0.15) is 5.10 Å². The van der Waals surface area contributed by atoms with Crippen molar-refractivity contribution in [3.8, 4) is 5.75 Å². The molecule has 1 aliphatic rings. The van der Waals surface area contributed by atoms with Gasteiger partial charge in [-0.1, -0.05) is 6.07 Å². The zero-order valence-electron chi connectivity index (χ0n) is 15.5. The van der Waals surface area contributed by atoms with Gasteiger partial charge < -0.3 is 9.64 Å². The number of nitrogens with one attached hydrogen (secondary N) is 2. The van der Waals surface area contributed by atoms with E-state index in [1.54, 1.807) is 17.0 Å². The molecule has 3 rings (SSSR count). The van der Waals surface area contributed by atoms with Crippen molar-refractivity contribution in [3.63, 3.8) is 0 Å². The van der Waals surface area contributed by atoms with Crippen LogP contribution < -0.4 is 9.46 Å². The van der Waals surface area contributed by atoms with E-state index >= 15 is 0 Å². The molecule has 1 saturated heterocycles. The van der Waals surface area contributed by atoms with Gasteiger partial charge in [0.05, 0.1) is 31.1 Å². The second kappa shape index (κ2) is 8.70. The topological polar surface area (TPSA) is 104 Å². The zero-order chi connectivity index (χ0) is 20.1. The van der Waals surface area contributed by atoms with Gasteiger partial charge in [-0.05, 0) is 31.0 Å². The van der Waals surface area contributed by atoms with Crippen molar-refractivity contribution in [1.82, 2.24) is 19.8 Å². The fourth-order valence-electron chi connectivity index (χ4n) is 3.18. The van der Waals surface area contributed by atoms with Crippen molar-refractivity contribution < 1.29 is 22.3 Å². The number of carbonyl (C=O) groups excluding carboxylic acids is 1. The number of amides is 1. The molecule has 2 aromatic rings. The SMILES string of the molecule is CS(=O)(=O)NCC(=O)N1CCC[C@@H]1c1cc(CCOc2cccc(F)c2)[nH]n1. The van der Waals surface area contributed by atoms with Gasteiger partial charge in [0.25, 0.3) is 0 Å². The average molecular weight is 410 g/mol. The molecule has 0 bridgehead atoms. The molecule has 1 amide bonds. The summed E-state index contributed by atoms with van der Waals surface area (Å²) in [5, 5.41) is 7.25. The van der Waals surface area contributed by atoms with E-state index in [0.29, 0.717) is 25.3 Å². The number of ether oxygens (including phenoxy) is 1. The first kappa shape index (κ1) is 20.3. The number of likely N-dealkylation sites (tertiary alicyclic amines) is 1. The molecule has 0 saturated carbocycles. The van der Waals surface area contributed by atoms with E-state index in [4.69, 9.17) is 4.74 Å². The summed E-state index contributed by atoms with van der Waals surface area (Å²) in [5.74, 6) is -0.157. The Morgan fingerprint density at radius 2 is 2.25 bits per heavy atom. The standard InChI is InChI=1S/C18H23FN4O4S/c1-28(25,26)20-12-18(24)23-8-3-6-17(23)16-11-14(21-22-16)7-9-27-15-5-2-4-13(19)10-15/h2,4-5,10-11,17,20H,3,6-9,12H2,1H3,(H,21,22)/t17-/m1/s1. The minimum atomic E-state index is -3.42. The number of H-pyrrole nitrogens is 1. The Morgan fingerprint density at radius 3 is 3.00 bits per heavy atom. The predicted octanol–water partition coefficient (Wildman–Crippen LogP) is 1.38. The summed E-state index contributed by atoms with van der Waals surface area (Å²) >= 11 is 0. The van der Waals surface area contributed by atoms with E-state index in [1.807, 2.05) is 6.07 Å². The number of hydrogen-bond donors (Lipinski definition) is 2. The monoisotopic (exact) mass is 410 g/mol. The fraction of sp³-hybridized carbons (Fsp3) is 0.444. The van der Waals surface area contributed by atoms with E-state index in [2.05, 4.69) is 14.9 Å². The molecule has 2 heterocycles. The Morgan fingerprint density at radius 1 is 1.43 bits per heavy atom. The lowest BCUT2D eigenvalue weighted by molar-refractivity contribution is -0.130. The maximum Gasteiger partial charge on any atom is 0.238 e. The third kappa shape index (κ3) is 5.52. The van der Waals surface area contributed by atoms with Crippen LogP contribution in [0.2, 0.25) is 0 Å². The summed E-state index contributed by atoms with van der Waals surface area (Å²) in [6, 6.07) is 7.66. The number of rotatable bonds is 8. The minimum absolute atomic E-state index is 0.178. The van der Waals surface area contributed by atoms with E-state index in [-0.39, 0.29) is 24.3 Å². The van der Waals surface area contributed by atoms with Crippen LogP contribution in [0.4, 0.5) is 4.39 Å². The van der Waals surface area contributed by atoms with Gasteiger partial charge in [-0.3, -0.25) is 9.89 Å². The van der Waals surface area contributed by atoms with Gasteiger partial charge in [0.1, 0.15) is 11.6 Å². The van der Waals surface area contributed by atoms with Crippen molar-refractivity contribution in [2.75, 3.05) is 26.0 Å². The van der Waals surface area contributed by atoms with Crippen LogP contribution >= 0.6 is 0 Å². The lowest BCUT2D eigenvalue weighted by Gasteiger charge is -2.23. The first-order valence-corrected chi connectivity index (χ1v) is 10.9. The second-order valence-electron chi connectivity index (χ2n) is 6.71. The molecule has 1 fully saturated rings. The molecular weight excluding hydrogens is 387 g/mol. The van der Waals surface area contributed by atoms with Gasteiger partial charge in [0.2, 0.25) is 15.9 Å². The maximum atomic E-state index is 13.1. The summed E-state index contributed by atoms with van der Waals surface area (Å²) in [6.45, 7) is 0.671. The highest BCUT2D eigenvalue weighted by molar-refractivity contribution is 7.88. The van der Waals surface area contributed by atoms with Gasteiger partial charge in [0.15, 0.2) is 0 Å². The first-order valence-electron chi connectivity index (χ1n) is 8.98. The summed E-state index contributed by atoms with van der Waals surface area (Å²) in [4.78, 5) is 14.0. The van der Waals surface area contributed by atoms with Crippen molar-refractivity contribution in [1.29, 1.82) is 0 Å². The molecule has 1 aliphatic heterocycles. The Bertz CT molecular complexity index is 931. The van der Waals surface area contributed by atoms with Gasteiger partial charge in [-0.25, -0.2) is 17.5 Å². The summed E-state index contributed by atoms with van der Waals surface area (Å²) in [7, 11) is -3.42. The molecule has 0 aliphatic carbocycles. The van der Waals surface area contributed by atoms with Crippen molar-refractivity contribution in [2.24, 2.45) is 0 Å². The molecule has 1 aromatic carbocycles. The van der Waals surface area contributed by atoms with Crippen LogP contribution in [0.15, 0.2) is 30.3 Å². The van der Waals surface area contributed by atoms with Crippen LogP contribution in [0, 0.1) is 5.82 Å². The third-order valence-electron chi connectivity index (χ3n) is 4.49. The number of benzene rings is 1. The van der Waals surface area contributed by atoms with E-state index in [0.717, 1.165) is 30.5 Å². The Balaban J connectivity index is 1.55. The van der Waals surface area contributed by atoms with Crippen molar-refractivity contribution >= 4 is 15.9 Å². The molecule has 1 atom stereocenters. The van der Waals surface area contributed by atoms with Crippen LogP contribution in [0.3, 0.4) is 0 Å². The van der Waals surface area contributed by atoms with Gasteiger partial charge >= 0.3 is 0 Å². The van der Waals surface area contributed by atoms with E-state index in [9.17, 15) is 17.6 Å². The number of sulfonamides is 1. The highest BCUT2D eigenvalue weighted by Gasteiger charge is 2.31. The molecule has 8 nitrogen and oxygen atoms in total. The van der Waals surface area contributed by atoms with Crippen LogP contribution in [0.1, 0.15) is 30.3 Å². The summed E-state index contributed by atoms with van der Waals surface area (Å²) in [6.07, 6.45) is 3.18. The lowest BCUT2D eigenvalue weighted by Crippen LogP contribution is -2.39. The third-order valence-corrected chi connectivity index (χ3v) is 5.16. The number of carbonyl (C=O) groups is 1. The molecule has 0 spiro atoms. The van der Waals surface area contributed by atoms with Crippen molar-refractivity contribution in [2.45, 2.75) is 25.3 Å². The molecule has 2 N–H and O–H groups in total. The largest absolute Gasteiger partial charge is 0.493 e. The fourth-order valence-corrected chi connectivity index (χ4v) is 3.57. The Hall–Kier alpha value is -2.46. The summed E-state index contributed by atoms with van der Waals surface area (Å²) in [5.41, 5.74) is 1.59. The normalized spacial score (nSPS) is 17.1. The van der Waals surface area contributed by atoms with Gasteiger partial charge in [0, 0.05) is 24.7 Å². The molecule has 1 aromatic heterocycles. The average Bonchev–Trinajstić information content (AvgIpc) is 3.28. The number of nitrogens with zero attached hydrogens (tertiary/aromatic N) is 2. The second-order valence-corrected chi connectivity index (χ2v) is 8.55. The number of halogens is 1. The number of aromatic nitrogens is 2. The molecule has 28 heavy (non-hydrogen) atoms. The van der Waals surface area contributed by atoms with Crippen molar-refractivity contribution in [3.05, 3.63) is 47.5 Å². The maximum absolute atomic E-state index is 13.1. The van der Waals surface area contributed by atoms with Gasteiger partial charge in [-0.15, -0.1) is 0 Å². The first-order chi connectivity index (χ1) is 13.3. The highest BCUT2D eigenvalue weighted by atomic mass is 32.2. The highest BCUT2D eigenvalue weighted by Crippen LogP contribution is 2.31. The molecule has 0 unspecified atom stereocenters. The Labute approximate surface area is 163 Å². The molecular formula is C18H23FN4O4S. The van der Waals surface area contributed by atoms with E-state index < -0.39 is 10.0 Å². The number of hydrogen-bond acceptors (Lipinski definition) is 5. The van der Waals surface area contributed by atoms with Crippen LogP contribution in [0.25, 0.3) is 0 Å². The molecule has 152 valence electrons. The summed E-state index contributed by atoms with van der Waals surface area (Å²) < 4.78 is 43.3. The minimum Gasteiger partial charge on any atom is -0.493 e. The predicted molar refractivity (Wildman–Crippen MR) is 101 cm³/mol. The van der Waals surface area contributed by atoms with Crippen LogP contribution in [-0.4, -0.2) is 55.4 Å². The molecule has 0 radical (unpaired) electrons. The quantitative estimate of drug-likeness (QED) is 0.684. The van der Waals surface area contributed by atoms with Crippen LogP contribution in [0.5, 0.6) is 5.75 Å². The van der Waals surface area contributed by atoms with Crippen LogP contribution in [-0.2, 0) is 21.2 Å².